The van der Waals surface area contributed by atoms with Crippen LogP contribution in [0.15, 0.2) is 48.8 Å². The molecule has 1 spiro atoms. The van der Waals surface area contributed by atoms with E-state index in [2.05, 4.69) is 34.3 Å². The Hall–Kier alpha value is -2.18. The van der Waals surface area contributed by atoms with Gasteiger partial charge in [0, 0.05) is 70.6 Å². The van der Waals surface area contributed by atoms with Crippen molar-refractivity contribution < 1.29 is 9.90 Å². The van der Waals surface area contributed by atoms with Crippen LogP contribution in [0.25, 0.3) is 0 Å². The average Bonchev–Trinajstić information content (AvgIpc) is 3.35. The van der Waals surface area contributed by atoms with Crippen molar-refractivity contribution in [3.8, 4) is 0 Å². The number of carbonyl (C=O) groups is 1. The zero-order chi connectivity index (χ0) is 19.4. The van der Waals surface area contributed by atoms with E-state index in [1.54, 1.807) is 6.20 Å². The Bertz CT molecular complexity index is 754. The fraction of sp³-hybridized carbons (Fsp3) is 0.545. The van der Waals surface area contributed by atoms with Crippen LogP contribution in [0.2, 0.25) is 0 Å². The van der Waals surface area contributed by atoms with Gasteiger partial charge in [-0.25, -0.2) is 0 Å². The van der Waals surface area contributed by atoms with E-state index in [0.717, 1.165) is 45.6 Å². The maximum absolute atomic E-state index is 12.6. The topological polar surface area (TPSA) is 61.6 Å². The van der Waals surface area contributed by atoms with Gasteiger partial charge >= 0.3 is 0 Å². The minimum Gasteiger partial charge on any atom is -0.396 e. The first-order chi connectivity index (χ1) is 13.7. The highest BCUT2D eigenvalue weighted by Crippen LogP contribution is 2.45. The van der Waals surface area contributed by atoms with E-state index in [-0.39, 0.29) is 17.9 Å². The number of rotatable bonds is 6. The summed E-state index contributed by atoms with van der Waals surface area (Å²) in [5.41, 5.74) is 1.46. The predicted molar refractivity (Wildman–Crippen MR) is 107 cm³/mol. The molecule has 1 unspecified atom stereocenters. The molecule has 6 nitrogen and oxygen atoms in total. The molecule has 1 N–H and O–H groups in total. The number of amides is 1. The summed E-state index contributed by atoms with van der Waals surface area (Å²) < 4.78 is 1.81. The van der Waals surface area contributed by atoms with E-state index in [1.807, 2.05) is 27.9 Å². The molecule has 28 heavy (non-hydrogen) atoms. The maximum atomic E-state index is 12.6. The lowest BCUT2D eigenvalue weighted by atomic mass is 9.71. The highest BCUT2D eigenvalue weighted by molar-refractivity contribution is 5.76. The number of aliphatic hydroxyl groups is 1. The van der Waals surface area contributed by atoms with E-state index in [9.17, 15) is 9.90 Å². The Balaban J connectivity index is 1.32. The molecule has 150 valence electrons. The van der Waals surface area contributed by atoms with Crippen LogP contribution in [0.1, 0.15) is 24.8 Å². The fourth-order valence-electron chi connectivity index (χ4n) is 4.93. The summed E-state index contributed by atoms with van der Waals surface area (Å²) in [7, 11) is 0. The number of carbonyl (C=O) groups excluding carboxylic acids is 1. The Labute approximate surface area is 166 Å². The Kier molecular flexibility index (Phi) is 5.78. The van der Waals surface area contributed by atoms with Gasteiger partial charge in [0.2, 0.25) is 5.91 Å². The van der Waals surface area contributed by atoms with Gasteiger partial charge in [-0.2, -0.15) is 5.10 Å². The second kappa shape index (κ2) is 8.45. The summed E-state index contributed by atoms with van der Waals surface area (Å²) >= 11 is 0. The molecule has 4 rings (SSSR count). The zero-order valence-corrected chi connectivity index (χ0v) is 16.4. The summed E-state index contributed by atoms with van der Waals surface area (Å²) in [4.78, 5) is 17.1. The van der Waals surface area contributed by atoms with Gasteiger partial charge in [-0.3, -0.25) is 14.4 Å². The van der Waals surface area contributed by atoms with Crippen LogP contribution in [0.5, 0.6) is 0 Å². The largest absolute Gasteiger partial charge is 0.396 e. The van der Waals surface area contributed by atoms with Gasteiger partial charge in [0.1, 0.15) is 0 Å². The molecule has 0 aliphatic carbocycles. The van der Waals surface area contributed by atoms with Gasteiger partial charge in [-0.15, -0.1) is 0 Å². The zero-order valence-electron chi connectivity index (χ0n) is 16.4. The van der Waals surface area contributed by atoms with Crippen molar-refractivity contribution in [3.63, 3.8) is 0 Å². The van der Waals surface area contributed by atoms with Gasteiger partial charge < -0.3 is 10.0 Å². The molecular formula is C22H30N4O2. The number of piperidine rings is 1. The molecule has 6 heteroatoms. The molecule has 0 radical (unpaired) electrons. The van der Waals surface area contributed by atoms with Crippen LogP contribution in [-0.2, 0) is 17.9 Å². The predicted octanol–water partition coefficient (Wildman–Crippen LogP) is 2.01. The van der Waals surface area contributed by atoms with E-state index in [1.165, 1.54) is 5.56 Å². The Morgan fingerprint density at radius 3 is 2.64 bits per heavy atom. The average molecular weight is 383 g/mol. The number of aryl methyl sites for hydroxylation is 1. The summed E-state index contributed by atoms with van der Waals surface area (Å²) in [5, 5.41) is 14.2. The van der Waals surface area contributed by atoms with Crippen molar-refractivity contribution in [3.05, 3.63) is 54.4 Å². The lowest BCUT2D eigenvalue weighted by Crippen LogP contribution is -2.47. The maximum Gasteiger partial charge on any atom is 0.224 e. The van der Waals surface area contributed by atoms with Crippen LogP contribution < -0.4 is 0 Å². The van der Waals surface area contributed by atoms with Crippen molar-refractivity contribution in [2.45, 2.75) is 32.4 Å². The Morgan fingerprint density at radius 1 is 1.18 bits per heavy atom. The molecule has 2 aliphatic heterocycles. The first-order valence-corrected chi connectivity index (χ1v) is 10.3. The smallest absolute Gasteiger partial charge is 0.224 e. The van der Waals surface area contributed by atoms with Gasteiger partial charge in [0.05, 0.1) is 0 Å². The van der Waals surface area contributed by atoms with Gasteiger partial charge in [-0.05, 0) is 29.9 Å². The minimum atomic E-state index is 0.141. The summed E-state index contributed by atoms with van der Waals surface area (Å²) in [6.45, 7) is 5.37. The molecular weight excluding hydrogens is 352 g/mol. The van der Waals surface area contributed by atoms with E-state index in [4.69, 9.17) is 0 Å². The standard InChI is InChI=1S/C22H30N4O2/c27-17-20-16-24(15-19-5-2-1-3-6-19)18-22(20)8-13-25(14-9-22)21(28)7-12-26-11-4-10-23-26/h1-6,10-11,20,27H,7-9,12-18H2. The molecule has 0 bridgehead atoms. The lowest BCUT2D eigenvalue weighted by molar-refractivity contribution is -0.134. The van der Waals surface area contributed by atoms with Gasteiger partial charge in [0.25, 0.3) is 0 Å². The summed E-state index contributed by atoms with van der Waals surface area (Å²) in [5.74, 6) is 0.516. The normalized spacial score (nSPS) is 22.0. The summed E-state index contributed by atoms with van der Waals surface area (Å²) in [6.07, 6.45) is 6.10. The molecule has 1 aromatic carbocycles. The van der Waals surface area contributed by atoms with Crippen LogP contribution in [-0.4, -0.2) is 63.4 Å². The molecule has 2 aliphatic rings. The number of hydrogen-bond donors (Lipinski definition) is 1. The van der Waals surface area contributed by atoms with Crippen molar-refractivity contribution in [1.82, 2.24) is 19.6 Å². The number of likely N-dealkylation sites (tertiary alicyclic amines) is 2. The minimum absolute atomic E-state index is 0.141. The molecule has 2 fully saturated rings. The van der Waals surface area contributed by atoms with Crippen molar-refractivity contribution in [2.24, 2.45) is 11.3 Å². The molecule has 1 aromatic heterocycles. The monoisotopic (exact) mass is 382 g/mol. The van der Waals surface area contributed by atoms with Crippen molar-refractivity contribution in [1.29, 1.82) is 0 Å². The highest BCUT2D eigenvalue weighted by Gasteiger charge is 2.47. The molecule has 3 heterocycles. The molecule has 1 atom stereocenters. The lowest BCUT2D eigenvalue weighted by Gasteiger charge is -2.42. The number of nitrogens with zero attached hydrogens (tertiary/aromatic N) is 4. The number of aliphatic hydroxyl groups excluding tert-OH is 1. The third-order valence-corrected chi connectivity index (χ3v) is 6.58. The quantitative estimate of drug-likeness (QED) is 0.830. The van der Waals surface area contributed by atoms with Crippen LogP contribution in [0, 0.1) is 11.3 Å². The van der Waals surface area contributed by atoms with Crippen LogP contribution >= 0.6 is 0 Å². The fourth-order valence-corrected chi connectivity index (χ4v) is 4.93. The third-order valence-electron chi connectivity index (χ3n) is 6.58. The number of benzene rings is 1. The Morgan fingerprint density at radius 2 is 1.96 bits per heavy atom. The first kappa shape index (κ1) is 19.2. The molecule has 2 saturated heterocycles. The van der Waals surface area contributed by atoms with Gasteiger partial charge in [0.15, 0.2) is 0 Å². The number of hydrogen-bond acceptors (Lipinski definition) is 4. The van der Waals surface area contributed by atoms with Crippen LogP contribution in [0.4, 0.5) is 0 Å². The van der Waals surface area contributed by atoms with Gasteiger partial charge in [-0.1, -0.05) is 30.3 Å². The number of aromatic nitrogens is 2. The van der Waals surface area contributed by atoms with Crippen molar-refractivity contribution >= 4 is 5.91 Å². The SMILES string of the molecule is O=C(CCn1cccn1)N1CCC2(CC1)CN(Cc1ccccc1)CC2CO. The molecule has 1 amide bonds. The van der Waals surface area contributed by atoms with E-state index < -0.39 is 0 Å². The first-order valence-electron chi connectivity index (χ1n) is 10.3. The van der Waals surface area contributed by atoms with Crippen LogP contribution in [0.3, 0.4) is 0 Å². The summed E-state index contributed by atoms with van der Waals surface area (Å²) in [6, 6.07) is 12.4. The van der Waals surface area contributed by atoms with E-state index in [0.29, 0.717) is 18.9 Å². The highest BCUT2D eigenvalue weighted by atomic mass is 16.3. The van der Waals surface area contributed by atoms with Crippen molar-refractivity contribution in [2.75, 3.05) is 32.8 Å². The third kappa shape index (κ3) is 4.13. The second-order valence-electron chi connectivity index (χ2n) is 8.30. The second-order valence-corrected chi connectivity index (χ2v) is 8.30. The molecule has 2 aromatic rings. The molecule has 0 saturated carbocycles. The van der Waals surface area contributed by atoms with E-state index >= 15 is 0 Å².